The Morgan fingerprint density at radius 1 is 1.14 bits per heavy atom. The fraction of sp³-hybridized carbons (Fsp3) is 0.167. The Bertz CT molecular complexity index is 659. The van der Waals surface area contributed by atoms with Crippen LogP contribution in [0.4, 0.5) is 5.69 Å². The maximum Gasteiger partial charge on any atom is 0.157 e. The number of aryl methyl sites for hydroxylation is 1. The van der Waals surface area contributed by atoms with Crippen molar-refractivity contribution >= 4 is 33.5 Å². The Hall–Kier alpha value is -1.87. The second-order valence-electron chi connectivity index (χ2n) is 4.97. The van der Waals surface area contributed by atoms with Gasteiger partial charge in [0.15, 0.2) is 5.78 Å². The summed E-state index contributed by atoms with van der Waals surface area (Å²) in [5.41, 5.74) is 3.99. The van der Waals surface area contributed by atoms with Crippen molar-refractivity contribution in [2.24, 2.45) is 0 Å². The number of hydrogen-bond acceptors (Lipinski definition) is 2. The van der Waals surface area contributed by atoms with Gasteiger partial charge in [0, 0.05) is 22.3 Å². The highest BCUT2D eigenvalue weighted by Gasteiger charge is 2.05. The lowest BCUT2D eigenvalue weighted by atomic mass is 10.1. The molecule has 2 aromatic carbocycles. The molecule has 3 heteroatoms. The smallest absolute Gasteiger partial charge is 0.157 e. The van der Waals surface area contributed by atoms with Crippen LogP contribution < -0.4 is 5.32 Å². The van der Waals surface area contributed by atoms with Crippen molar-refractivity contribution in [2.75, 3.05) is 11.9 Å². The van der Waals surface area contributed by atoms with Gasteiger partial charge in [-0.3, -0.25) is 4.79 Å². The van der Waals surface area contributed by atoms with Gasteiger partial charge in [0.2, 0.25) is 0 Å². The molecule has 0 aliphatic heterocycles. The largest absolute Gasteiger partial charge is 0.381 e. The van der Waals surface area contributed by atoms with Crippen LogP contribution in [0.2, 0.25) is 0 Å². The summed E-state index contributed by atoms with van der Waals surface area (Å²) >= 11 is 3.50. The van der Waals surface area contributed by atoms with Gasteiger partial charge in [0.1, 0.15) is 0 Å². The molecule has 108 valence electrons. The van der Waals surface area contributed by atoms with E-state index in [-0.39, 0.29) is 5.78 Å². The summed E-state index contributed by atoms with van der Waals surface area (Å²) in [5.74, 6) is 0.0744. The topological polar surface area (TPSA) is 29.1 Å². The first-order chi connectivity index (χ1) is 10.1. The maximum absolute atomic E-state index is 11.8. The second kappa shape index (κ2) is 7.23. The molecule has 0 spiro atoms. The normalized spacial score (nSPS) is 11.3. The monoisotopic (exact) mass is 343 g/mol. The van der Waals surface area contributed by atoms with E-state index in [1.54, 1.807) is 6.92 Å². The van der Waals surface area contributed by atoms with Crippen molar-refractivity contribution in [3.8, 4) is 0 Å². The molecule has 0 unspecified atom stereocenters. The van der Waals surface area contributed by atoms with Gasteiger partial charge in [-0.15, -0.1) is 0 Å². The number of Topliss-reactive ketones (excluding diaryl/α,β-unsaturated/α-hetero) is 1. The first-order valence-corrected chi connectivity index (χ1v) is 7.62. The first-order valence-electron chi connectivity index (χ1n) is 6.83. The molecule has 2 aromatic rings. The molecule has 0 aliphatic rings. The molecule has 0 bridgehead atoms. The molecule has 0 aliphatic carbocycles. The maximum atomic E-state index is 11.8. The molecule has 0 aromatic heterocycles. The third kappa shape index (κ3) is 4.57. The fourth-order valence-electron chi connectivity index (χ4n) is 1.93. The number of hydrogen-bond donors (Lipinski definition) is 1. The van der Waals surface area contributed by atoms with Crippen LogP contribution >= 0.6 is 15.9 Å². The van der Waals surface area contributed by atoms with Crippen LogP contribution in [0.3, 0.4) is 0 Å². The molecule has 0 atom stereocenters. The van der Waals surface area contributed by atoms with Crippen molar-refractivity contribution in [1.29, 1.82) is 0 Å². The van der Waals surface area contributed by atoms with E-state index in [2.05, 4.69) is 28.2 Å². The Morgan fingerprint density at radius 3 is 2.43 bits per heavy atom. The highest BCUT2D eigenvalue weighted by molar-refractivity contribution is 9.10. The Balaban J connectivity index is 2.15. The number of rotatable bonds is 5. The van der Waals surface area contributed by atoms with Crippen LogP contribution in [0.25, 0.3) is 6.08 Å². The number of nitrogens with one attached hydrogen (secondary N) is 1. The quantitative estimate of drug-likeness (QED) is 0.786. The van der Waals surface area contributed by atoms with Gasteiger partial charge in [-0.05, 0) is 43.7 Å². The van der Waals surface area contributed by atoms with E-state index >= 15 is 0 Å². The van der Waals surface area contributed by atoms with Gasteiger partial charge < -0.3 is 5.32 Å². The highest BCUT2D eigenvalue weighted by Crippen LogP contribution is 2.19. The molecule has 0 saturated heterocycles. The number of carbonyl (C=O) groups is 1. The number of benzene rings is 2. The predicted molar refractivity (Wildman–Crippen MR) is 92.5 cm³/mol. The minimum absolute atomic E-state index is 0.0744. The summed E-state index contributed by atoms with van der Waals surface area (Å²) in [4.78, 5) is 11.8. The van der Waals surface area contributed by atoms with Gasteiger partial charge in [-0.25, -0.2) is 0 Å². The molecular weight excluding hydrogens is 326 g/mol. The minimum Gasteiger partial charge on any atom is -0.381 e. The molecule has 0 fully saturated rings. The third-order valence-electron chi connectivity index (χ3n) is 3.22. The average molecular weight is 344 g/mol. The Kier molecular flexibility index (Phi) is 5.34. The third-order valence-corrected chi connectivity index (χ3v) is 3.94. The Morgan fingerprint density at radius 2 is 1.81 bits per heavy atom. The summed E-state index contributed by atoms with van der Waals surface area (Å²) in [7, 11) is 0. The summed E-state index contributed by atoms with van der Waals surface area (Å²) in [6.07, 6.45) is 1.92. The van der Waals surface area contributed by atoms with Gasteiger partial charge in [-0.1, -0.05) is 51.8 Å². The summed E-state index contributed by atoms with van der Waals surface area (Å²) in [6.45, 7) is 4.16. The van der Waals surface area contributed by atoms with Gasteiger partial charge in [-0.2, -0.15) is 0 Å². The molecule has 0 radical (unpaired) electrons. The molecule has 0 saturated carbocycles. The first kappa shape index (κ1) is 15.5. The van der Waals surface area contributed by atoms with E-state index in [9.17, 15) is 4.79 Å². The lowest BCUT2D eigenvalue weighted by Gasteiger charge is -2.09. The van der Waals surface area contributed by atoms with E-state index < -0.39 is 0 Å². The number of anilines is 1. The van der Waals surface area contributed by atoms with Crippen LogP contribution in [0.5, 0.6) is 0 Å². The number of carbonyl (C=O) groups excluding carboxylic acids is 1. The zero-order valence-corrected chi connectivity index (χ0v) is 13.8. The fourth-order valence-corrected chi connectivity index (χ4v) is 2.32. The predicted octanol–water partition coefficient (Wildman–Crippen LogP) is 4.84. The van der Waals surface area contributed by atoms with E-state index in [0.717, 1.165) is 21.3 Å². The number of ketones is 1. The van der Waals surface area contributed by atoms with E-state index in [4.69, 9.17) is 0 Å². The summed E-state index contributed by atoms with van der Waals surface area (Å²) < 4.78 is 0.985. The molecule has 21 heavy (non-hydrogen) atoms. The van der Waals surface area contributed by atoms with Crippen molar-refractivity contribution in [3.63, 3.8) is 0 Å². The zero-order chi connectivity index (χ0) is 15.2. The second-order valence-corrected chi connectivity index (χ2v) is 5.82. The van der Waals surface area contributed by atoms with Crippen LogP contribution in [-0.4, -0.2) is 12.3 Å². The average Bonchev–Trinajstić information content (AvgIpc) is 2.46. The highest BCUT2D eigenvalue weighted by atomic mass is 79.9. The van der Waals surface area contributed by atoms with Gasteiger partial charge in [0.25, 0.3) is 0 Å². The van der Waals surface area contributed by atoms with E-state index in [1.165, 1.54) is 5.56 Å². The van der Waals surface area contributed by atoms with Gasteiger partial charge >= 0.3 is 0 Å². The molecular formula is C18H18BrNO. The zero-order valence-electron chi connectivity index (χ0n) is 12.2. The Labute approximate surface area is 134 Å². The molecule has 2 rings (SSSR count). The van der Waals surface area contributed by atoms with Gasteiger partial charge in [0.05, 0.1) is 0 Å². The summed E-state index contributed by atoms with van der Waals surface area (Å²) in [5, 5.41) is 3.29. The van der Waals surface area contributed by atoms with Crippen molar-refractivity contribution in [2.45, 2.75) is 13.8 Å². The lowest BCUT2D eigenvalue weighted by molar-refractivity contribution is -0.113. The summed E-state index contributed by atoms with van der Waals surface area (Å²) in [6, 6.07) is 16.0. The van der Waals surface area contributed by atoms with E-state index in [0.29, 0.717) is 6.54 Å². The molecule has 1 N–H and O–H groups in total. The van der Waals surface area contributed by atoms with Crippen molar-refractivity contribution in [3.05, 3.63) is 69.7 Å². The van der Waals surface area contributed by atoms with Crippen LogP contribution in [-0.2, 0) is 4.79 Å². The SMILES string of the molecule is CC(=O)/C(=C/c1ccccc1Br)CNc1ccc(C)cc1. The van der Waals surface area contributed by atoms with Crippen molar-refractivity contribution < 1.29 is 4.79 Å². The van der Waals surface area contributed by atoms with Crippen molar-refractivity contribution in [1.82, 2.24) is 0 Å². The van der Waals surface area contributed by atoms with E-state index in [1.807, 2.05) is 54.6 Å². The van der Waals surface area contributed by atoms with Crippen LogP contribution in [0.1, 0.15) is 18.1 Å². The minimum atomic E-state index is 0.0744. The standard InChI is InChI=1S/C18H18BrNO/c1-13-7-9-17(10-8-13)20-12-16(14(2)21)11-15-5-3-4-6-18(15)19/h3-11,20H,12H2,1-2H3/b16-11+. The molecule has 0 heterocycles. The molecule has 0 amide bonds. The molecule has 2 nitrogen and oxygen atoms in total. The lowest BCUT2D eigenvalue weighted by Crippen LogP contribution is -2.10. The van der Waals surface area contributed by atoms with Crippen LogP contribution in [0.15, 0.2) is 58.6 Å². The number of halogens is 1. The van der Waals surface area contributed by atoms with Crippen LogP contribution in [0, 0.1) is 6.92 Å².